The van der Waals surface area contributed by atoms with E-state index in [0.29, 0.717) is 6.61 Å². The van der Waals surface area contributed by atoms with Gasteiger partial charge >= 0.3 is 0 Å². The Labute approximate surface area is 87.5 Å². The Bertz CT molecular complexity index is 303. The summed E-state index contributed by atoms with van der Waals surface area (Å²) in [5, 5.41) is 8.72. The highest BCUT2D eigenvalue weighted by molar-refractivity contribution is 5.31. The molecule has 0 spiro atoms. The monoisotopic (exact) mass is 216 g/mol. The number of hydrogen-bond acceptors (Lipinski definition) is 2. The molecular formula is C11H14F2O2. The lowest BCUT2D eigenvalue weighted by Crippen LogP contribution is -2.02. The Morgan fingerprint density at radius 2 is 1.87 bits per heavy atom. The van der Waals surface area contributed by atoms with Gasteiger partial charge in [-0.15, -0.1) is 0 Å². The normalized spacial score (nSPS) is 10.4. The van der Waals surface area contributed by atoms with E-state index in [4.69, 9.17) is 9.84 Å². The van der Waals surface area contributed by atoms with Crippen molar-refractivity contribution in [3.63, 3.8) is 0 Å². The summed E-state index contributed by atoms with van der Waals surface area (Å²) in [6, 6.07) is 2.15. The van der Waals surface area contributed by atoms with E-state index in [1.807, 2.05) is 6.92 Å². The van der Waals surface area contributed by atoms with Crippen LogP contribution in [-0.4, -0.2) is 11.7 Å². The highest BCUT2D eigenvalue weighted by atomic mass is 19.1. The van der Waals surface area contributed by atoms with Crippen molar-refractivity contribution in [2.24, 2.45) is 0 Å². The Morgan fingerprint density at radius 1 is 1.27 bits per heavy atom. The maximum absolute atomic E-state index is 13.2. The van der Waals surface area contributed by atoms with E-state index in [0.717, 1.165) is 25.0 Å². The van der Waals surface area contributed by atoms with E-state index >= 15 is 0 Å². The fourth-order valence-electron chi connectivity index (χ4n) is 1.16. The van der Waals surface area contributed by atoms with Gasteiger partial charge in [-0.05, 0) is 24.1 Å². The van der Waals surface area contributed by atoms with Gasteiger partial charge in [0.1, 0.15) is 0 Å². The maximum atomic E-state index is 13.2. The number of halogens is 2. The maximum Gasteiger partial charge on any atom is 0.190 e. The van der Waals surface area contributed by atoms with Crippen LogP contribution in [0.1, 0.15) is 25.3 Å². The van der Waals surface area contributed by atoms with Gasteiger partial charge in [0, 0.05) is 0 Å². The van der Waals surface area contributed by atoms with Gasteiger partial charge in [0.15, 0.2) is 17.4 Å². The molecule has 1 aromatic rings. The standard InChI is InChI=1S/C11H14F2O2/c1-2-3-4-15-11-9(12)5-8(7-14)6-10(11)13/h5-6,14H,2-4,7H2,1H3. The second-order valence-electron chi connectivity index (χ2n) is 3.25. The largest absolute Gasteiger partial charge is 0.488 e. The van der Waals surface area contributed by atoms with E-state index in [1.165, 1.54) is 0 Å². The predicted molar refractivity (Wildman–Crippen MR) is 52.7 cm³/mol. The number of rotatable bonds is 5. The molecule has 1 rings (SSSR count). The number of unbranched alkanes of at least 4 members (excludes halogenated alkanes) is 1. The second-order valence-corrected chi connectivity index (χ2v) is 3.25. The summed E-state index contributed by atoms with van der Waals surface area (Å²) in [5.74, 6) is -1.90. The van der Waals surface area contributed by atoms with E-state index in [-0.39, 0.29) is 17.9 Å². The van der Waals surface area contributed by atoms with Crippen LogP contribution in [0.5, 0.6) is 5.75 Å². The van der Waals surface area contributed by atoms with Crippen molar-refractivity contribution in [3.8, 4) is 5.75 Å². The van der Waals surface area contributed by atoms with Crippen LogP contribution in [0.4, 0.5) is 8.78 Å². The Balaban J connectivity index is 2.79. The molecule has 0 aliphatic rings. The van der Waals surface area contributed by atoms with Gasteiger partial charge in [0.05, 0.1) is 13.2 Å². The molecular weight excluding hydrogens is 202 g/mol. The molecule has 1 N–H and O–H groups in total. The average Bonchev–Trinajstić information content (AvgIpc) is 2.22. The zero-order valence-electron chi connectivity index (χ0n) is 8.59. The molecule has 1 aromatic carbocycles. The molecule has 0 bridgehead atoms. The molecule has 0 aliphatic carbocycles. The van der Waals surface area contributed by atoms with Crippen molar-refractivity contribution in [3.05, 3.63) is 29.3 Å². The summed E-state index contributed by atoms with van der Waals surface area (Å²) in [5.41, 5.74) is 0.202. The molecule has 15 heavy (non-hydrogen) atoms. The van der Waals surface area contributed by atoms with E-state index in [1.54, 1.807) is 0 Å². The Kier molecular flexibility index (Phi) is 4.49. The number of aliphatic hydroxyl groups is 1. The topological polar surface area (TPSA) is 29.5 Å². The molecule has 0 amide bonds. The number of benzene rings is 1. The highest BCUT2D eigenvalue weighted by Gasteiger charge is 2.11. The fraction of sp³-hybridized carbons (Fsp3) is 0.455. The third kappa shape index (κ3) is 3.16. The molecule has 0 heterocycles. The van der Waals surface area contributed by atoms with Crippen LogP contribution in [0.25, 0.3) is 0 Å². The first-order valence-electron chi connectivity index (χ1n) is 4.90. The van der Waals surface area contributed by atoms with Crippen molar-refractivity contribution >= 4 is 0 Å². The molecule has 0 radical (unpaired) electrons. The minimum absolute atomic E-state index is 0.202. The molecule has 2 nitrogen and oxygen atoms in total. The van der Waals surface area contributed by atoms with Crippen LogP contribution < -0.4 is 4.74 Å². The summed E-state index contributed by atoms with van der Waals surface area (Å²) >= 11 is 0. The number of ether oxygens (including phenoxy) is 1. The predicted octanol–water partition coefficient (Wildman–Crippen LogP) is 2.64. The molecule has 0 aliphatic heterocycles. The zero-order valence-corrected chi connectivity index (χ0v) is 8.59. The lowest BCUT2D eigenvalue weighted by atomic mass is 10.2. The van der Waals surface area contributed by atoms with Gasteiger partial charge in [-0.1, -0.05) is 13.3 Å². The first-order valence-corrected chi connectivity index (χ1v) is 4.90. The van der Waals surface area contributed by atoms with Crippen molar-refractivity contribution in [1.29, 1.82) is 0 Å². The van der Waals surface area contributed by atoms with Crippen molar-refractivity contribution in [1.82, 2.24) is 0 Å². The smallest absolute Gasteiger partial charge is 0.190 e. The lowest BCUT2D eigenvalue weighted by Gasteiger charge is -2.08. The van der Waals surface area contributed by atoms with Crippen LogP contribution in [0.3, 0.4) is 0 Å². The molecule has 4 heteroatoms. The second kappa shape index (κ2) is 5.66. The molecule has 0 saturated carbocycles. The van der Waals surface area contributed by atoms with Crippen LogP contribution >= 0.6 is 0 Å². The fourth-order valence-corrected chi connectivity index (χ4v) is 1.16. The van der Waals surface area contributed by atoms with Crippen molar-refractivity contribution < 1.29 is 18.6 Å². The van der Waals surface area contributed by atoms with Gasteiger partial charge in [-0.3, -0.25) is 0 Å². The first-order chi connectivity index (χ1) is 7.19. The van der Waals surface area contributed by atoms with Gasteiger partial charge < -0.3 is 9.84 Å². The van der Waals surface area contributed by atoms with Crippen LogP contribution in [0.15, 0.2) is 12.1 Å². The van der Waals surface area contributed by atoms with Crippen LogP contribution in [-0.2, 0) is 6.61 Å². The third-order valence-corrected chi connectivity index (χ3v) is 1.98. The van der Waals surface area contributed by atoms with E-state index in [2.05, 4.69) is 0 Å². The quantitative estimate of drug-likeness (QED) is 0.767. The third-order valence-electron chi connectivity index (χ3n) is 1.98. The molecule has 0 aromatic heterocycles. The van der Waals surface area contributed by atoms with Gasteiger partial charge in [0.25, 0.3) is 0 Å². The molecule has 0 atom stereocenters. The summed E-state index contributed by atoms with van der Waals surface area (Å²) in [6.07, 6.45) is 1.65. The summed E-state index contributed by atoms with van der Waals surface area (Å²) < 4.78 is 31.5. The zero-order chi connectivity index (χ0) is 11.3. The number of hydrogen-bond donors (Lipinski definition) is 1. The van der Waals surface area contributed by atoms with E-state index in [9.17, 15) is 8.78 Å². The molecule has 0 fully saturated rings. The van der Waals surface area contributed by atoms with Crippen molar-refractivity contribution in [2.45, 2.75) is 26.4 Å². The van der Waals surface area contributed by atoms with Crippen LogP contribution in [0.2, 0.25) is 0 Å². The van der Waals surface area contributed by atoms with Gasteiger partial charge in [0.2, 0.25) is 0 Å². The average molecular weight is 216 g/mol. The SMILES string of the molecule is CCCCOc1c(F)cc(CO)cc1F. The highest BCUT2D eigenvalue weighted by Crippen LogP contribution is 2.23. The minimum Gasteiger partial charge on any atom is -0.488 e. The summed E-state index contributed by atoms with van der Waals surface area (Å²) in [4.78, 5) is 0. The molecule has 84 valence electrons. The first kappa shape index (κ1) is 11.9. The molecule has 0 unspecified atom stereocenters. The van der Waals surface area contributed by atoms with E-state index < -0.39 is 11.6 Å². The van der Waals surface area contributed by atoms with Gasteiger partial charge in [-0.2, -0.15) is 0 Å². The molecule has 0 saturated heterocycles. The summed E-state index contributed by atoms with van der Waals surface area (Å²) in [7, 11) is 0. The lowest BCUT2D eigenvalue weighted by molar-refractivity contribution is 0.269. The van der Waals surface area contributed by atoms with Crippen molar-refractivity contribution in [2.75, 3.05) is 6.61 Å². The Hall–Kier alpha value is -1.16. The Morgan fingerprint density at radius 3 is 2.33 bits per heavy atom. The minimum atomic E-state index is -0.768. The summed E-state index contributed by atoms with van der Waals surface area (Å²) in [6.45, 7) is 1.87. The number of aliphatic hydroxyl groups excluding tert-OH is 1. The van der Waals surface area contributed by atoms with Crippen LogP contribution in [0, 0.1) is 11.6 Å². The van der Waals surface area contributed by atoms with Gasteiger partial charge in [-0.25, -0.2) is 8.78 Å².